The molecule has 4 rings (SSSR count). The van der Waals surface area contributed by atoms with Crippen molar-refractivity contribution in [2.75, 3.05) is 13.1 Å². The minimum Gasteiger partial charge on any atom is -0.355 e. The highest BCUT2D eigenvalue weighted by Gasteiger charge is 2.30. The molecule has 1 N–H and O–H groups in total. The molecule has 0 spiro atoms. The van der Waals surface area contributed by atoms with Gasteiger partial charge in [-0.2, -0.15) is 13.2 Å². The Morgan fingerprint density at radius 2 is 2.00 bits per heavy atom. The Morgan fingerprint density at radius 3 is 2.70 bits per heavy atom. The summed E-state index contributed by atoms with van der Waals surface area (Å²) in [6.07, 6.45) is -2.89. The third kappa shape index (κ3) is 4.91. The van der Waals surface area contributed by atoms with E-state index >= 15 is 0 Å². The highest BCUT2D eigenvalue weighted by molar-refractivity contribution is 7.13. The van der Waals surface area contributed by atoms with Crippen molar-refractivity contribution < 1.29 is 22.5 Å². The molecule has 2 aromatic heterocycles. The number of benzene rings is 1. The number of piperidine rings is 1. The second kappa shape index (κ2) is 8.61. The van der Waals surface area contributed by atoms with Crippen molar-refractivity contribution in [2.24, 2.45) is 0 Å². The fraction of sp³-hybridized carbons (Fsp3) is 0.333. The van der Waals surface area contributed by atoms with Crippen molar-refractivity contribution in [3.05, 3.63) is 64.7 Å². The van der Waals surface area contributed by atoms with Crippen LogP contribution < -0.4 is 5.32 Å². The van der Waals surface area contributed by atoms with Crippen LogP contribution in [0, 0.1) is 0 Å². The normalized spacial score (nSPS) is 16.0. The number of nitrogens with zero attached hydrogens (tertiary/aromatic N) is 2. The van der Waals surface area contributed by atoms with Crippen LogP contribution in [0.25, 0.3) is 10.6 Å². The zero-order chi connectivity index (χ0) is 21.1. The predicted molar refractivity (Wildman–Crippen MR) is 107 cm³/mol. The topological polar surface area (TPSA) is 58.4 Å². The van der Waals surface area contributed by atoms with E-state index < -0.39 is 11.7 Å². The smallest absolute Gasteiger partial charge is 0.355 e. The molecule has 1 aliphatic rings. The first-order valence-electron chi connectivity index (χ1n) is 9.58. The van der Waals surface area contributed by atoms with Crippen molar-refractivity contribution in [1.82, 2.24) is 15.4 Å². The first kappa shape index (κ1) is 20.6. The maximum atomic E-state index is 12.9. The molecule has 1 fully saturated rings. The van der Waals surface area contributed by atoms with Gasteiger partial charge in [0.25, 0.3) is 5.91 Å². The number of aromatic nitrogens is 1. The van der Waals surface area contributed by atoms with Crippen LogP contribution in [-0.2, 0) is 12.7 Å². The second-order valence-corrected chi connectivity index (χ2v) is 8.22. The van der Waals surface area contributed by atoms with E-state index in [-0.39, 0.29) is 17.6 Å². The fourth-order valence-corrected chi connectivity index (χ4v) is 4.19. The zero-order valence-electron chi connectivity index (χ0n) is 16.0. The minimum absolute atomic E-state index is 0.00264. The van der Waals surface area contributed by atoms with Gasteiger partial charge in [0, 0.05) is 31.7 Å². The lowest BCUT2D eigenvalue weighted by molar-refractivity contribution is -0.137. The number of thiophene rings is 1. The van der Waals surface area contributed by atoms with Crippen molar-refractivity contribution in [1.29, 1.82) is 0 Å². The first-order chi connectivity index (χ1) is 14.4. The Hall–Kier alpha value is -2.65. The maximum Gasteiger partial charge on any atom is 0.416 e. The third-order valence-electron chi connectivity index (χ3n) is 5.09. The minimum atomic E-state index is -4.34. The van der Waals surface area contributed by atoms with Crippen molar-refractivity contribution in [2.45, 2.75) is 31.6 Å². The molecule has 0 atom stereocenters. The lowest BCUT2D eigenvalue weighted by Crippen LogP contribution is -2.44. The van der Waals surface area contributed by atoms with E-state index in [1.165, 1.54) is 23.5 Å². The van der Waals surface area contributed by atoms with Crippen LogP contribution >= 0.6 is 11.3 Å². The Labute approximate surface area is 175 Å². The lowest BCUT2D eigenvalue weighted by Gasteiger charge is -2.32. The van der Waals surface area contributed by atoms with Crippen molar-refractivity contribution >= 4 is 17.2 Å². The van der Waals surface area contributed by atoms with Crippen LogP contribution in [0.2, 0.25) is 0 Å². The molecule has 0 bridgehead atoms. The maximum absolute atomic E-state index is 12.9. The average Bonchev–Trinajstić information content (AvgIpc) is 3.41. The van der Waals surface area contributed by atoms with Gasteiger partial charge in [0.15, 0.2) is 11.5 Å². The molecule has 1 aromatic carbocycles. The molecular formula is C21H20F3N3O2S. The number of alkyl halides is 3. The second-order valence-electron chi connectivity index (χ2n) is 7.28. The summed E-state index contributed by atoms with van der Waals surface area (Å²) >= 11 is 1.51. The molecule has 1 saturated heterocycles. The van der Waals surface area contributed by atoms with Gasteiger partial charge in [0.05, 0.1) is 10.4 Å². The monoisotopic (exact) mass is 435 g/mol. The molecule has 30 heavy (non-hydrogen) atoms. The quantitative estimate of drug-likeness (QED) is 0.625. The number of likely N-dealkylation sites (tertiary alicyclic amines) is 1. The molecule has 1 amide bonds. The fourth-order valence-electron chi connectivity index (χ4n) is 3.52. The van der Waals surface area contributed by atoms with E-state index in [9.17, 15) is 18.0 Å². The molecule has 0 aliphatic carbocycles. The number of hydrogen-bond acceptors (Lipinski definition) is 5. The van der Waals surface area contributed by atoms with Gasteiger partial charge in [-0.1, -0.05) is 29.4 Å². The molecular weight excluding hydrogens is 415 g/mol. The molecule has 1 aliphatic heterocycles. The van der Waals surface area contributed by atoms with Gasteiger partial charge in [-0.25, -0.2) is 0 Å². The van der Waals surface area contributed by atoms with Gasteiger partial charge < -0.3 is 9.84 Å². The molecule has 5 nitrogen and oxygen atoms in total. The first-order valence-corrected chi connectivity index (χ1v) is 10.5. The van der Waals surface area contributed by atoms with E-state index in [2.05, 4.69) is 15.4 Å². The van der Waals surface area contributed by atoms with Crippen molar-refractivity contribution in [3.8, 4) is 10.6 Å². The summed E-state index contributed by atoms with van der Waals surface area (Å²) in [6, 6.07) is 10.8. The number of carbonyl (C=O) groups excluding carboxylic acids is 1. The van der Waals surface area contributed by atoms with E-state index in [4.69, 9.17) is 4.52 Å². The number of amides is 1. The average molecular weight is 435 g/mol. The van der Waals surface area contributed by atoms with Crippen LogP contribution in [0.15, 0.2) is 52.4 Å². The largest absolute Gasteiger partial charge is 0.416 e. The van der Waals surface area contributed by atoms with Crippen LogP contribution in [-0.4, -0.2) is 35.1 Å². The summed E-state index contributed by atoms with van der Waals surface area (Å²) in [5.41, 5.74) is 0.248. The standard InChI is InChI=1S/C21H20F3N3O2S/c22-21(23,24)15-4-1-3-14(11-15)13-27-8-6-16(7-9-27)25-20(28)17-12-18(29-26-17)19-5-2-10-30-19/h1-5,10-12,16H,6-9,13H2,(H,25,28). The summed E-state index contributed by atoms with van der Waals surface area (Å²) in [5, 5.41) is 8.75. The van der Waals surface area contributed by atoms with E-state index in [0.717, 1.165) is 23.8 Å². The van der Waals surface area contributed by atoms with Gasteiger partial charge in [-0.3, -0.25) is 9.69 Å². The highest BCUT2D eigenvalue weighted by atomic mass is 32.1. The summed E-state index contributed by atoms with van der Waals surface area (Å²) in [7, 11) is 0. The van der Waals surface area contributed by atoms with E-state index in [0.29, 0.717) is 31.0 Å². The van der Waals surface area contributed by atoms with Gasteiger partial charge in [-0.05, 0) is 35.9 Å². The van der Waals surface area contributed by atoms with Crippen LogP contribution in [0.3, 0.4) is 0 Å². The van der Waals surface area contributed by atoms with Gasteiger partial charge in [0.1, 0.15) is 0 Å². The SMILES string of the molecule is O=C(NC1CCN(Cc2cccc(C(F)(F)F)c2)CC1)c1cc(-c2cccs2)on1. The molecule has 0 saturated carbocycles. The Kier molecular flexibility index (Phi) is 5.92. The Bertz CT molecular complexity index is 993. The number of rotatable bonds is 5. The number of carbonyl (C=O) groups is 1. The molecule has 0 radical (unpaired) electrons. The van der Waals surface area contributed by atoms with Gasteiger partial charge in [0.2, 0.25) is 0 Å². The van der Waals surface area contributed by atoms with Crippen LogP contribution in [0.4, 0.5) is 13.2 Å². The third-order valence-corrected chi connectivity index (χ3v) is 5.97. The van der Waals surface area contributed by atoms with E-state index in [1.54, 1.807) is 12.1 Å². The number of hydrogen-bond donors (Lipinski definition) is 1. The molecule has 9 heteroatoms. The van der Waals surface area contributed by atoms with Crippen LogP contribution in [0.5, 0.6) is 0 Å². The summed E-state index contributed by atoms with van der Waals surface area (Å²) in [5.74, 6) is 0.281. The lowest BCUT2D eigenvalue weighted by atomic mass is 10.0. The van der Waals surface area contributed by atoms with Gasteiger partial charge in [-0.15, -0.1) is 11.3 Å². The zero-order valence-corrected chi connectivity index (χ0v) is 16.8. The number of nitrogens with one attached hydrogen (secondary N) is 1. The number of halogens is 3. The predicted octanol–water partition coefficient (Wildman–Crippen LogP) is 4.82. The Morgan fingerprint density at radius 1 is 1.20 bits per heavy atom. The summed E-state index contributed by atoms with van der Waals surface area (Å²) in [4.78, 5) is 15.5. The molecule has 158 valence electrons. The van der Waals surface area contributed by atoms with Crippen LogP contribution in [0.1, 0.15) is 34.5 Å². The summed E-state index contributed by atoms with van der Waals surface area (Å²) < 4.78 is 43.9. The summed E-state index contributed by atoms with van der Waals surface area (Å²) in [6.45, 7) is 1.85. The van der Waals surface area contributed by atoms with Crippen molar-refractivity contribution in [3.63, 3.8) is 0 Å². The Balaban J connectivity index is 1.28. The van der Waals surface area contributed by atoms with E-state index in [1.807, 2.05) is 17.5 Å². The van der Waals surface area contributed by atoms with Gasteiger partial charge >= 0.3 is 6.18 Å². The molecule has 3 heterocycles. The molecule has 3 aromatic rings. The molecule has 0 unspecified atom stereocenters. The highest BCUT2D eigenvalue weighted by Crippen LogP contribution is 2.30.